The number of ether oxygens (including phenoxy) is 1. The minimum Gasteiger partial charge on any atom is -0.505 e. The number of hydrogen-bond acceptors (Lipinski definition) is 6. The first kappa shape index (κ1) is 23.7. The monoisotopic (exact) mass is 435 g/mol. The molecule has 164 valence electrons. The molecule has 30 heavy (non-hydrogen) atoms. The van der Waals surface area contributed by atoms with Gasteiger partial charge in [0.25, 0.3) is 10.1 Å². The van der Waals surface area contributed by atoms with Gasteiger partial charge < -0.3 is 9.84 Å². The molecule has 0 atom stereocenters. The quantitative estimate of drug-likeness (QED) is 0.352. The molecule has 2 aromatic rings. The number of carbonyl (C=O) groups excluding carboxylic acids is 1. The summed E-state index contributed by atoms with van der Waals surface area (Å²) in [6.45, 7) is 6.63. The Labute approximate surface area is 178 Å². The molecule has 0 aliphatic heterocycles. The summed E-state index contributed by atoms with van der Waals surface area (Å²) in [4.78, 5) is 11.8. The molecule has 0 spiro atoms. The summed E-state index contributed by atoms with van der Waals surface area (Å²) in [5.74, 6) is -0.352. The van der Waals surface area contributed by atoms with E-state index in [2.05, 4.69) is 5.32 Å². The minimum absolute atomic E-state index is 0.00428. The standard InChI is InChI=1S/C22H29NO6S/c1-16-13-14-18(19(20(16)24)23-21(25)29-22(2,3)4)30(26,27)28-15-9-8-12-17-10-6-5-7-11-17/h5-7,10-11,13-14,24H,8-9,12,15H2,1-4H3,(H,23,25). The largest absolute Gasteiger partial charge is 0.505 e. The zero-order valence-electron chi connectivity index (χ0n) is 17.8. The van der Waals surface area contributed by atoms with E-state index in [1.165, 1.54) is 17.7 Å². The summed E-state index contributed by atoms with van der Waals surface area (Å²) >= 11 is 0. The first-order chi connectivity index (χ1) is 14.0. The first-order valence-electron chi connectivity index (χ1n) is 9.75. The molecule has 0 aliphatic rings. The third-order valence-electron chi connectivity index (χ3n) is 4.18. The Morgan fingerprint density at radius 3 is 2.37 bits per heavy atom. The Morgan fingerprint density at radius 2 is 1.73 bits per heavy atom. The van der Waals surface area contributed by atoms with Crippen molar-refractivity contribution in [3.63, 3.8) is 0 Å². The highest BCUT2D eigenvalue weighted by molar-refractivity contribution is 7.87. The van der Waals surface area contributed by atoms with E-state index in [0.717, 1.165) is 12.8 Å². The maximum Gasteiger partial charge on any atom is 0.412 e. The normalized spacial score (nSPS) is 11.9. The lowest BCUT2D eigenvalue weighted by Gasteiger charge is -2.21. The van der Waals surface area contributed by atoms with Crippen molar-refractivity contribution in [1.82, 2.24) is 0 Å². The second-order valence-electron chi connectivity index (χ2n) is 7.95. The average molecular weight is 436 g/mol. The third-order valence-corrected chi connectivity index (χ3v) is 5.53. The molecular formula is C22H29NO6S. The molecule has 8 heteroatoms. The van der Waals surface area contributed by atoms with Crippen LogP contribution in [-0.4, -0.2) is 31.8 Å². The zero-order valence-corrected chi connectivity index (χ0v) is 18.6. The fourth-order valence-electron chi connectivity index (χ4n) is 2.72. The summed E-state index contributed by atoms with van der Waals surface area (Å²) in [7, 11) is -4.19. The molecule has 2 rings (SSSR count). The number of aromatic hydroxyl groups is 1. The fraction of sp³-hybridized carbons (Fsp3) is 0.409. The van der Waals surface area contributed by atoms with Crippen molar-refractivity contribution in [2.45, 2.75) is 57.5 Å². The SMILES string of the molecule is Cc1ccc(S(=O)(=O)OCCCCc2ccccc2)c(NC(=O)OC(C)(C)C)c1O. The number of hydrogen-bond donors (Lipinski definition) is 2. The van der Waals surface area contributed by atoms with Gasteiger partial charge in [0.1, 0.15) is 21.9 Å². The number of amides is 1. The molecule has 0 bridgehead atoms. The van der Waals surface area contributed by atoms with Crippen LogP contribution in [0.5, 0.6) is 5.75 Å². The van der Waals surface area contributed by atoms with Crippen LogP contribution < -0.4 is 5.32 Å². The molecule has 7 nitrogen and oxygen atoms in total. The molecule has 0 heterocycles. The summed E-state index contributed by atoms with van der Waals surface area (Å²) in [6.07, 6.45) is 1.26. The zero-order chi connectivity index (χ0) is 22.4. The molecule has 0 fully saturated rings. The van der Waals surface area contributed by atoms with E-state index >= 15 is 0 Å². The van der Waals surface area contributed by atoms with Crippen molar-refractivity contribution in [1.29, 1.82) is 0 Å². The topological polar surface area (TPSA) is 102 Å². The summed E-state index contributed by atoms with van der Waals surface area (Å²) in [6, 6.07) is 12.6. The van der Waals surface area contributed by atoms with Gasteiger partial charge in [0.2, 0.25) is 0 Å². The van der Waals surface area contributed by atoms with Crippen molar-refractivity contribution >= 4 is 21.9 Å². The van der Waals surface area contributed by atoms with E-state index in [9.17, 15) is 18.3 Å². The smallest absolute Gasteiger partial charge is 0.412 e. The second-order valence-corrected chi connectivity index (χ2v) is 9.53. The van der Waals surface area contributed by atoms with Crippen LogP contribution in [0.2, 0.25) is 0 Å². The summed E-state index contributed by atoms with van der Waals surface area (Å²) in [5, 5.41) is 12.7. The summed E-state index contributed by atoms with van der Waals surface area (Å²) < 4.78 is 35.7. The molecule has 0 saturated carbocycles. The van der Waals surface area contributed by atoms with Gasteiger partial charge in [0.15, 0.2) is 0 Å². The van der Waals surface area contributed by atoms with Crippen molar-refractivity contribution in [2.75, 3.05) is 11.9 Å². The van der Waals surface area contributed by atoms with E-state index in [1.807, 2.05) is 30.3 Å². The van der Waals surface area contributed by atoms with Crippen molar-refractivity contribution in [3.05, 3.63) is 53.6 Å². The van der Waals surface area contributed by atoms with Crippen LogP contribution in [0.25, 0.3) is 0 Å². The van der Waals surface area contributed by atoms with Gasteiger partial charge in [-0.3, -0.25) is 9.50 Å². The Bertz CT molecular complexity index is 965. The number of phenolic OH excluding ortho intramolecular Hbond substituents is 1. The van der Waals surface area contributed by atoms with Crippen LogP contribution in [0.3, 0.4) is 0 Å². The van der Waals surface area contributed by atoms with E-state index in [-0.39, 0.29) is 22.9 Å². The molecule has 0 unspecified atom stereocenters. The van der Waals surface area contributed by atoms with Crippen molar-refractivity contribution < 1.29 is 27.2 Å². The van der Waals surface area contributed by atoms with Crippen LogP contribution in [0, 0.1) is 6.92 Å². The van der Waals surface area contributed by atoms with Crippen molar-refractivity contribution in [2.24, 2.45) is 0 Å². The van der Waals surface area contributed by atoms with Crippen LogP contribution in [0.15, 0.2) is 47.4 Å². The van der Waals surface area contributed by atoms with Crippen LogP contribution in [-0.2, 0) is 25.5 Å². The second kappa shape index (κ2) is 9.95. The van der Waals surface area contributed by atoms with Gasteiger partial charge in [-0.2, -0.15) is 8.42 Å². The third kappa shape index (κ3) is 7.03. The molecular weight excluding hydrogens is 406 g/mol. The van der Waals surface area contributed by atoms with Crippen LogP contribution in [0.4, 0.5) is 10.5 Å². The molecule has 0 saturated heterocycles. The van der Waals surface area contributed by atoms with E-state index < -0.39 is 21.8 Å². The highest BCUT2D eigenvalue weighted by atomic mass is 32.2. The Hall–Kier alpha value is -2.58. The Balaban J connectivity index is 2.06. The molecule has 2 aromatic carbocycles. The number of nitrogens with one attached hydrogen (secondary N) is 1. The van der Waals surface area contributed by atoms with Gasteiger partial charge in [-0.25, -0.2) is 4.79 Å². The van der Waals surface area contributed by atoms with Gasteiger partial charge in [-0.15, -0.1) is 0 Å². The fourth-order valence-corrected chi connectivity index (χ4v) is 3.82. The molecule has 0 aliphatic carbocycles. The van der Waals surface area contributed by atoms with Gasteiger partial charge in [-0.05, 0) is 64.2 Å². The van der Waals surface area contributed by atoms with E-state index in [0.29, 0.717) is 12.0 Å². The van der Waals surface area contributed by atoms with E-state index in [1.54, 1.807) is 27.7 Å². The summed E-state index contributed by atoms with van der Waals surface area (Å²) in [5.41, 5.74) is 0.543. The number of phenols is 1. The van der Waals surface area contributed by atoms with E-state index in [4.69, 9.17) is 8.92 Å². The number of rotatable bonds is 8. The van der Waals surface area contributed by atoms with Gasteiger partial charge >= 0.3 is 6.09 Å². The Kier molecular flexibility index (Phi) is 7.86. The number of carbonyl (C=O) groups is 1. The molecule has 0 aromatic heterocycles. The van der Waals surface area contributed by atoms with Crippen LogP contribution in [0.1, 0.15) is 44.7 Å². The highest BCUT2D eigenvalue weighted by Gasteiger charge is 2.26. The van der Waals surface area contributed by atoms with Crippen LogP contribution >= 0.6 is 0 Å². The predicted octanol–water partition coefficient (Wildman–Crippen LogP) is 4.78. The number of benzene rings is 2. The van der Waals surface area contributed by atoms with Gasteiger partial charge in [-0.1, -0.05) is 36.4 Å². The lowest BCUT2D eigenvalue weighted by Crippen LogP contribution is -2.28. The predicted molar refractivity (Wildman–Crippen MR) is 115 cm³/mol. The maximum atomic E-state index is 12.7. The Morgan fingerprint density at radius 1 is 1.07 bits per heavy atom. The minimum atomic E-state index is -4.19. The van der Waals surface area contributed by atoms with Crippen molar-refractivity contribution in [3.8, 4) is 5.75 Å². The molecule has 2 N–H and O–H groups in total. The number of unbranched alkanes of at least 4 members (excludes halogenated alkanes) is 1. The van der Waals surface area contributed by atoms with Gasteiger partial charge in [0.05, 0.1) is 6.61 Å². The number of aryl methyl sites for hydroxylation is 2. The van der Waals surface area contributed by atoms with Gasteiger partial charge in [0, 0.05) is 0 Å². The first-order valence-corrected chi connectivity index (χ1v) is 11.2. The maximum absolute atomic E-state index is 12.7. The number of anilines is 1. The average Bonchev–Trinajstić information content (AvgIpc) is 2.64. The highest BCUT2D eigenvalue weighted by Crippen LogP contribution is 2.35. The molecule has 0 radical (unpaired) electrons. The molecule has 1 amide bonds. The lowest BCUT2D eigenvalue weighted by molar-refractivity contribution is 0.0635. The lowest BCUT2D eigenvalue weighted by atomic mass is 10.1.